The number of piperazine rings is 1. The van der Waals surface area contributed by atoms with Gasteiger partial charge in [-0.15, -0.1) is 0 Å². The topological polar surface area (TPSA) is 64.4 Å². The molecule has 1 aliphatic heterocycles. The molecular formula is C17H14Cl2FN3O2S. The molecule has 2 aromatic carbocycles. The van der Waals surface area contributed by atoms with Gasteiger partial charge in [-0.25, -0.2) is 12.8 Å². The minimum absolute atomic E-state index is 0.0373. The Labute approximate surface area is 161 Å². The van der Waals surface area contributed by atoms with Crippen LogP contribution < -0.4 is 4.90 Å². The number of halogens is 3. The number of benzene rings is 2. The Bertz CT molecular complexity index is 984. The third kappa shape index (κ3) is 3.64. The highest BCUT2D eigenvalue weighted by Gasteiger charge is 2.31. The van der Waals surface area contributed by atoms with E-state index in [2.05, 4.69) is 0 Å². The summed E-state index contributed by atoms with van der Waals surface area (Å²) in [5.41, 5.74) is 0.588. The SMILES string of the molecule is N#Cc1ccc(N2CCN(S(=O)(=O)c3cc(Cl)ccc3Cl)CC2)c(F)c1. The molecule has 136 valence electrons. The summed E-state index contributed by atoms with van der Waals surface area (Å²) < 4.78 is 41.1. The molecule has 0 unspecified atom stereocenters. The van der Waals surface area contributed by atoms with Gasteiger partial charge in [0.1, 0.15) is 10.7 Å². The van der Waals surface area contributed by atoms with Crippen LogP contribution in [-0.2, 0) is 10.0 Å². The molecule has 1 saturated heterocycles. The van der Waals surface area contributed by atoms with Crippen molar-refractivity contribution in [3.63, 3.8) is 0 Å². The number of anilines is 1. The summed E-state index contributed by atoms with van der Waals surface area (Å²) in [6.07, 6.45) is 0. The summed E-state index contributed by atoms with van der Waals surface area (Å²) in [4.78, 5) is 1.71. The zero-order valence-corrected chi connectivity index (χ0v) is 15.8. The van der Waals surface area contributed by atoms with E-state index in [0.29, 0.717) is 18.8 Å². The highest BCUT2D eigenvalue weighted by molar-refractivity contribution is 7.89. The fourth-order valence-electron chi connectivity index (χ4n) is 2.82. The van der Waals surface area contributed by atoms with Crippen LogP contribution in [0.4, 0.5) is 10.1 Å². The van der Waals surface area contributed by atoms with Crippen molar-refractivity contribution in [1.29, 1.82) is 5.26 Å². The summed E-state index contributed by atoms with van der Waals surface area (Å²) in [5, 5.41) is 9.20. The second-order valence-corrected chi connectivity index (χ2v) is 8.49. The maximum Gasteiger partial charge on any atom is 0.244 e. The van der Waals surface area contributed by atoms with Crippen molar-refractivity contribution >= 4 is 38.9 Å². The number of hydrogen-bond acceptors (Lipinski definition) is 4. The van der Waals surface area contributed by atoms with Crippen LogP contribution in [0, 0.1) is 17.1 Å². The number of nitriles is 1. The molecule has 3 rings (SSSR count). The van der Waals surface area contributed by atoms with Crippen LogP contribution in [0.15, 0.2) is 41.3 Å². The van der Waals surface area contributed by atoms with Crippen molar-refractivity contribution in [2.24, 2.45) is 0 Å². The van der Waals surface area contributed by atoms with Gasteiger partial charge in [0.25, 0.3) is 0 Å². The van der Waals surface area contributed by atoms with Crippen LogP contribution in [0.25, 0.3) is 0 Å². The lowest BCUT2D eigenvalue weighted by Gasteiger charge is -2.35. The van der Waals surface area contributed by atoms with E-state index in [1.807, 2.05) is 6.07 Å². The summed E-state index contributed by atoms with van der Waals surface area (Å²) in [7, 11) is -3.79. The number of sulfonamides is 1. The van der Waals surface area contributed by atoms with E-state index in [1.54, 1.807) is 4.90 Å². The van der Waals surface area contributed by atoms with E-state index in [1.165, 1.54) is 40.7 Å². The first-order valence-electron chi connectivity index (χ1n) is 7.73. The van der Waals surface area contributed by atoms with Crippen LogP contribution in [0.2, 0.25) is 10.0 Å². The highest BCUT2D eigenvalue weighted by atomic mass is 35.5. The molecule has 5 nitrogen and oxygen atoms in total. The normalized spacial score (nSPS) is 15.7. The zero-order valence-electron chi connectivity index (χ0n) is 13.5. The molecule has 0 atom stereocenters. The molecule has 0 radical (unpaired) electrons. The molecule has 0 amide bonds. The molecule has 1 fully saturated rings. The molecule has 0 N–H and O–H groups in total. The Balaban J connectivity index is 1.78. The van der Waals surface area contributed by atoms with Crippen LogP contribution in [0.5, 0.6) is 0 Å². The standard InChI is InChI=1S/C17H14Cl2FN3O2S/c18-13-2-3-14(19)17(10-13)26(24,25)23-7-5-22(6-8-23)16-4-1-12(11-21)9-15(16)20/h1-4,9-10H,5-8H2. The van der Waals surface area contributed by atoms with Gasteiger partial charge < -0.3 is 4.90 Å². The van der Waals surface area contributed by atoms with E-state index >= 15 is 0 Å². The Morgan fingerprint density at radius 3 is 2.35 bits per heavy atom. The predicted octanol–water partition coefficient (Wildman–Crippen LogP) is 3.52. The van der Waals surface area contributed by atoms with Gasteiger partial charge in [-0.05, 0) is 36.4 Å². The molecule has 1 aliphatic rings. The number of hydrogen-bond donors (Lipinski definition) is 0. The Hall–Kier alpha value is -1.85. The summed E-state index contributed by atoms with van der Waals surface area (Å²) in [6.45, 7) is 1.01. The van der Waals surface area contributed by atoms with Crippen LogP contribution in [0.1, 0.15) is 5.56 Å². The van der Waals surface area contributed by atoms with Crippen LogP contribution >= 0.6 is 23.2 Å². The lowest BCUT2D eigenvalue weighted by atomic mass is 10.2. The molecule has 9 heteroatoms. The van der Waals surface area contributed by atoms with Crippen molar-refractivity contribution in [3.8, 4) is 6.07 Å². The van der Waals surface area contributed by atoms with Crippen molar-refractivity contribution in [3.05, 3.63) is 57.8 Å². The first-order chi connectivity index (χ1) is 12.3. The van der Waals surface area contributed by atoms with Gasteiger partial charge in [-0.3, -0.25) is 0 Å². The Morgan fingerprint density at radius 1 is 1.04 bits per heavy atom. The first kappa shape index (κ1) is 18.9. The maximum atomic E-state index is 14.2. The van der Waals surface area contributed by atoms with Gasteiger partial charge in [0.05, 0.1) is 22.3 Å². The van der Waals surface area contributed by atoms with Crippen molar-refractivity contribution in [2.75, 3.05) is 31.1 Å². The lowest BCUT2D eigenvalue weighted by Crippen LogP contribution is -2.49. The molecular weight excluding hydrogens is 400 g/mol. The van der Waals surface area contributed by atoms with Crippen molar-refractivity contribution in [2.45, 2.75) is 4.90 Å². The fourth-order valence-corrected chi connectivity index (χ4v) is 4.98. The number of rotatable bonds is 3. The average molecular weight is 414 g/mol. The summed E-state index contributed by atoms with van der Waals surface area (Å²) >= 11 is 11.9. The van der Waals surface area contributed by atoms with Gasteiger partial charge in [-0.1, -0.05) is 23.2 Å². The first-order valence-corrected chi connectivity index (χ1v) is 9.92. The Kier molecular flexibility index (Phi) is 5.39. The van der Waals surface area contributed by atoms with E-state index in [0.717, 1.165) is 0 Å². The highest BCUT2D eigenvalue weighted by Crippen LogP contribution is 2.29. The smallest absolute Gasteiger partial charge is 0.244 e. The lowest BCUT2D eigenvalue weighted by molar-refractivity contribution is 0.383. The molecule has 0 aromatic heterocycles. The largest absolute Gasteiger partial charge is 0.367 e. The van der Waals surface area contributed by atoms with E-state index < -0.39 is 15.8 Å². The second kappa shape index (κ2) is 7.41. The molecule has 26 heavy (non-hydrogen) atoms. The van der Waals surface area contributed by atoms with Crippen molar-refractivity contribution in [1.82, 2.24) is 4.31 Å². The van der Waals surface area contributed by atoms with Crippen molar-refractivity contribution < 1.29 is 12.8 Å². The third-order valence-electron chi connectivity index (χ3n) is 4.17. The zero-order chi connectivity index (χ0) is 18.9. The number of nitrogens with zero attached hydrogens (tertiary/aromatic N) is 3. The van der Waals surface area contributed by atoms with Gasteiger partial charge in [0.2, 0.25) is 10.0 Å². The minimum Gasteiger partial charge on any atom is -0.367 e. The molecule has 1 heterocycles. The maximum absolute atomic E-state index is 14.2. The molecule has 2 aromatic rings. The van der Waals surface area contributed by atoms with E-state index in [9.17, 15) is 12.8 Å². The minimum atomic E-state index is -3.79. The van der Waals surface area contributed by atoms with E-state index in [-0.39, 0.29) is 33.6 Å². The fraction of sp³-hybridized carbons (Fsp3) is 0.235. The quantitative estimate of drug-likeness (QED) is 0.771. The van der Waals surface area contributed by atoms with E-state index in [4.69, 9.17) is 28.5 Å². The van der Waals surface area contributed by atoms with Gasteiger partial charge >= 0.3 is 0 Å². The van der Waals surface area contributed by atoms with Crippen LogP contribution in [0.3, 0.4) is 0 Å². The molecule has 0 aliphatic carbocycles. The average Bonchev–Trinajstić information content (AvgIpc) is 2.63. The predicted molar refractivity (Wildman–Crippen MR) is 98.5 cm³/mol. The molecule has 0 spiro atoms. The molecule has 0 saturated carbocycles. The Morgan fingerprint density at radius 2 is 1.73 bits per heavy atom. The van der Waals surface area contributed by atoms with Gasteiger partial charge in [0.15, 0.2) is 0 Å². The third-order valence-corrected chi connectivity index (χ3v) is 6.78. The summed E-state index contributed by atoms with van der Waals surface area (Å²) in [6, 6.07) is 10.4. The second-order valence-electron chi connectivity index (χ2n) is 5.74. The molecule has 0 bridgehead atoms. The van der Waals surface area contributed by atoms with Gasteiger partial charge in [-0.2, -0.15) is 9.57 Å². The monoisotopic (exact) mass is 413 g/mol. The van der Waals surface area contributed by atoms with Gasteiger partial charge in [0, 0.05) is 31.2 Å². The summed E-state index contributed by atoms with van der Waals surface area (Å²) in [5.74, 6) is -0.502. The van der Waals surface area contributed by atoms with Crippen LogP contribution in [-0.4, -0.2) is 38.9 Å².